The van der Waals surface area contributed by atoms with Gasteiger partial charge < -0.3 is 10.4 Å². The quantitative estimate of drug-likeness (QED) is 0.858. The Morgan fingerprint density at radius 3 is 2.68 bits per heavy atom. The predicted molar refractivity (Wildman–Crippen MR) is 75.2 cm³/mol. The largest absolute Gasteiger partial charge is 0.507 e. The molecule has 0 aliphatic rings. The molecule has 6 heteroatoms. The molecule has 0 heterocycles. The zero-order valence-corrected chi connectivity index (χ0v) is 11.8. The van der Waals surface area contributed by atoms with Crippen LogP contribution in [-0.4, -0.2) is 11.0 Å². The van der Waals surface area contributed by atoms with E-state index in [0.29, 0.717) is 9.50 Å². The van der Waals surface area contributed by atoms with Crippen molar-refractivity contribution in [2.24, 2.45) is 0 Å². The number of amides is 1. The lowest BCUT2D eigenvalue weighted by Gasteiger charge is -2.08. The summed E-state index contributed by atoms with van der Waals surface area (Å²) in [4.78, 5) is 11.9. The van der Waals surface area contributed by atoms with Crippen molar-refractivity contribution < 1.29 is 14.3 Å². The van der Waals surface area contributed by atoms with E-state index in [1.165, 1.54) is 30.3 Å². The Bertz CT molecular complexity index is 649. The van der Waals surface area contributed by atoms with Gasteiger partial charge in [0.15, 0.2) is 0 Å². The van der Waals surface area contributed by atoms with Crippen LogP contribution in [0, 0.1) is 5.82 Å². The van der Waals surface area contributed by atoms with Crippen molar-refractivity contribution in [2.45, 2.75) is 0 Å². The van der Waals surface area contributed by atoms with Crippen LogP contribution in [0.4, 0.5) is 10.1 Å². The number of rotatable bonds is 2. The molecule has 0 bridgehead atoms. The van der Waals surface area contributed by atoms with Gasteiger partial charge in [-0.2, -0.15) is 0 Å². The molecule has 1 amide bonds. The molecule has 19 heavy (non-hydrogen) atoms. The van der Waals surface area contributed by atoms with Crippen LogP contribution in [0.3, 0.4) is 0 Å². The fourth-order valence-corrected chi connectivity index (χ4v) is 1.98. The highest BCUT2D eigenvalue weighted by Crippen LogP contribution is 2.24. The Balaban J connectivity index is 2.28. The molecule has 0 aromatic heterocycles. The van der Waals surface area contributed by atoms with Crippen LogP contribution in [0.25, 0.3) is 0 Å². The minimum Gasteiger partial charge on any atom is -0.507 e. The fraction of sp³-hybridized carbons (Fsp3) is 0. The number of hydrogen-bond donors (Lipinski definition) is 2. The standard InChI is InChI=1S/C13H8BrClFNO2/c14-7-1-3-11(10(16)5-7)17-13(19)9-6-8(15)2-4-12(9)18/h1-6,18H,(H,17,19). The summed E-state index contributed by atoms with van der Waals surface area (Å²) in [6, 6.07) is 8.30. The molecule has 2 N–H and O–H groups in total. The highest BCUT2D eigenvalue weighted by molar-refractivity contribution is 9.10. The second-order valence-corrected chi connectivity index (χ2v) is 5.09. The lowest BCUT2D eigenvalue weighted by molar-refractivity contribution is 0.102. The Morgan fingerprint density at radius 2 is 2.00 bits per heavy atom. The third-order valence-electron chi connectivity index (χ3n) is 2.38. The number of carbonyl (C=O) groups excluding carboxylic acids is 1. The first kappa shape index (κ1) is 13.8. The fourth-order valence-electron chi connectivity index (χ4n) is 1.47. The number of nitrogens with one attached hydrogen (secondary N) is 1. The molecule has 0 saturated carbocycles. The first-order valence-corrected chi connectivity index (χ1v) is 6.39. The molecule has 0 atom stereocenters. The normalized spacial score (nSPS) is 10.3. The molecule has 0 saturated heterocycles. The lowest BCUT2D eigenvalue weighted by Crippen LogP contribution is -2.13. The third kappa shape index (κ3) is 3.24. The molecule has 2 rings (SSSR count). The number of carbonyl (C=O) groups is 1. The summed E-state index contributed by atoms with van der Waals surface area (Å²) in [5.74, 6) is -1.44. The van der Waals surface area contributed by atoms with E-state index < -0.39 is 11.7 Å². The molecule has 3 nitrogen and oxygen atoms in total. The van der Waals surface area contributed by atoms with E-state index in [-0.39, 0.29) is 17.0 Å². The summed E-state index contributed by atoms with van der Waals surface area (Å²) >= 11 is 8.86. The van der Waals surface area contributed by atoms with Crippen LogP contribution in [0.15, 0.2) is 40.9 Å². The third-order valence-corrected chi connectivity index (χ3v) is 3.11. The molecule has 0 unspecified atom stereocenters. The van der Waals surface area contributed by atoms with Crippen LogP contribution in [-0.2, 0) is 0 Å². The van der Waals surface area contributed by atoms with Gasteiger partial charge in [-0.25, -0.2) is 4.39 Å². The van der Waals surface area contributed by atoms with E-state index >= 15 is 0 Å². The van der Waals surface area contributed by atoms with Gasteiger partial charge in [0.2, 0.25) is 0 Å². The highest BCUT2D eigenvalue weighted by Gasteiger charge is 2.14. The summed E-state index contributed by atoms with van der Waals surface area (Å²) < 4.78 is 14.1. The van der Waals surface area contributed by atoms with Crippen molar-refractivity contribution in [3.63, 3.8) is 0 Å². The van der Waals surface area contributed by atoms with Gasteiger partial charge >= 0.3 is 0 Å². The number of aromatic hydroxyl groups is 1. The number of anilines is 1. The van der Waals surface area contributed by atoms with Crippen LogP contribution < -0.4 is 5.32 Å². The van der Waals surface area contributed by atoms with Gasteiger partial charge in [0.1, 0.15) is 11.6 Å². The molecule has 0 spiro atoms. The molecular weight excluding hydrogens is 337 g/mol. The van der Waals surface area contributed by atoms with Gasteiger partial charge in [-0.15, -0.1) is 0 Å². The van der Waals surface area contributed by atoms with Crippen LogP contribution in [0.2, 0.25) is 5.02 Å². The zero-order chi connectivity index (χ0) is 14.0. The van der Waals surface area contributed by atoms with Gasteiger partial charge in [-0.1, -0.05) is 27.5 Å². The van der Waals surface area contributed by atoms with Gasteiger partial charge in [-0.05, 0) is 36.4 Å². The molecular formula is C13H8BrClFNO2. The summed E-state index contributed by atoms with van der Waals surface area (Å²) in [5, 5.41) is 12.2. The summed E-state index contributed by atoms with van der Waals surface area (Å²) in [7, 11) is 0. The van der Waals surface area contributed by atoms with Gasteiger partial charge in [0, 0.05) is 9.50 Å². The molecule has 0 radical (unpaired) electrons. The lowest BCUT2D eigenvalue weighted by atomic mass is 10.2. The van der Waals surface area contributed by atoms with Crippen molar-refractivity contribution in [3.8, 4) is 5.75 Å². The smallest absolute Gasteiger partial charge is 0.259 e. The Morgan fingerprint density at radius 1 is 1.26 bits per heavy atom. The van der Waals surface area contributed by atoms with E-state index in [0.717, 1.165) is 0 Å². The molecule has 0 aliphatic carbocycles. The minimum atomic E-state index is -0.638. The zero-order valence-electron chi connectivity index (χ0n) is 9.45. The second-order valence-electron chi connectivity index (χ2n) is 3.74. The summed E-state index contributed by atoms with van der Waals surface area (Å²) in [6.07, 6.45) is 0. The summed E-state index contributed by atoms with van der Waals surface area (Å²) in [6.45, 7) is 0. The van der Waals surface area contributed by atoms with Crippen molar-refractivity contribution in [2.75, 3.05) is 5.32 Å². The molecule has 2 aromatic carbocycles. The van der Waals surface area contributed by atoms with Gasteiger partial charge in [0.05, 0.1) is 11.3 Å². The number of hydrogen-bond acceptors (Lipinski definition) is 2. The van der Waals surface area contributed by atoms with Crippen molar-refractivity contribution in [1.82, 2.24) is 0 Å². The minimum absolute atomic E-state index is 0.0187. The second kappa shape index (κ2) is 5.59. The first-order valence-electron chi connectivity index (χ1n) is 5.22. The topological polar surface area (TPSA) is 49.3 Å². The number of phenolic OH excluding ortho intramolecular Hbond substituents is 1. The first-order chi connectivity index (χ1) is 8.97. The van der Waals surface area contributed by atoms with Crippen molar-refractivity contribution in [1.29, 1.82) is 0 Å². The Kier molecular flexibility index (Phi) is 4.07. The average Bonchev–Trinajstić information content (AvgIpc) is 2.35. The average molecular weight is 345 g/mol. The van der Waals surface area contributed by atoms with E-state index in [9.17, 15) is 14.3 Å². The predicted octanol–water partition coefficient (Wildman–Crippen LogP) is 4.20. The van der Waals surface area contributed by atoms with Gasteiger partial charge in [-0.3, -0.25) is 4.79 Å². The van der Waals surface area contributed by atoms with Crippen molar-refractivity contribution >= 4 is 39.1 Å². The monoisotopic (exact) mass is 343 g/mol. The van der Waals surface area contributed by atoms with Crippen LogP contribution >= 0.6 is 27.5 Å². The SMILES string of the molecule is O=C(Nc1ccc(Br)cc1F)c1cc(Cl)ccc1O. The molecule has 98 valence electrons. The van der Waals surface area contributed by atoms with Gasteiger partial charge in [0.25, 0.3) is 5.91 Å². The maximum Gasteiger partial charge on any atom is 0.259 e. The Hall–Kier alpha value is -1.59. The van der Waals surface area contributed by atoms with E-state index in [1.54, 1.807) is 6.07 Å². The number of benzene rings is 2. The highest BCUT2D eigenvalue weighted by atomic mass is 79.9. The number of phenols is 1. The molecule has 2 aromatic rings. The maximum absolute atomic E-state index is 13.6. The number of halogens is 3. The van der Waals surface area contributed by atoms with E-state index in [4.69, 9.17) is 11.6 Å². The van der Waals surface area contributed by atoms with E-state index in [2.05, 4.69) is 21.2 Å². The Labute approximate surface area is 122 Å². The van der Waals surface area contributed by atoms with Crippen LogP contribution in [0.1, 0.15) is 10.4 Å². The summed E-state index contributed by atoms with van der Waals surface area (Å²) in [5.41, 5.74) is 0.00222. The van der Waals surface area contributed by atoms with Crippen molar-refractivity contribution in [3.05, 3.63) is 57.3 Å². The molecule has 0 fully saturated rings. The molecule has 0 aliphatic heterocycles. The van der Waals surface area contributed by atoms with E-state index in [1.807, 2.05) is 0 Å². The maximum atomic E-state index is 13.6. The van der Waals surface area contributed by atoms with Crippen LogP contribution in [0.5, 0.6) is 5.75 Å².